The molecule has 0 radical (unpaired) electrons. The van der Waals surface area contributed by atoms with Gasteiger partial charge in [-0.1, -0.05) is 50.5 Å². The number of fused-ring (bicyclic) bond motifs is 1. The van der Waals surface area contributed by atoms with Crippen LogP contribution in [0.15, 0.2) is 34.8 Å². The molecule has 0 aliphatic heterocycles. The number of benzene rings is 2. The molecule has 0 spiro atoms. The van der Waals surface area contributed by atoms with Gasteiger partial charge in [-0.2, -0.15) is 0 Å². The summed E-state index contributed by atoms with van der Waals surface area (Å²) in [6.07, 6.45) is 0. The zero-order chi connectivity index (χ0) is 14.3. The highest BCUT2D eigenvalue weighted by molar-refractivity contribution is 9.10. The Kier molecular flexibility index (Phi) is 3.86. The van der Waals surface area contributed by atoms with Gasteiger partial charge >= 0.3 is 0 Å². The molecule has 3 aromatic rings. The molecule has 0 atom stereocenters. The van der Waals surface area contributed by atoms with Crippen molar-refractivity contribution in [2.45, 2.75) is 0 Å². The van der Waals surface area contributed by atoms with E-state index in [1.807, 2.05) is 0 Å². The van der Waals surface area contributed by atoms with Crippen molar-refractivity contribution in [2.24, 2.45) is 0 Å². The molecule has 0 bridgehead atoms. The van der Waals surface area contributed by atoms with E-state index in [9.17, 15) is 4.39 Å². The summed E-state index contributed by atoms with van der Waals surface area (Å²) in [5, 5.41) is 4.65. The molecule has 2 nitrogen and oxygen atoms in total. The molecule has 0 aliphatic rings. The highest BCUT2D eigenvalue weighted by Gasteiger charge is 2.11. The molecule has 7 heteroatoms. The third-order valence-electron chi connectivity index (χ3n) is 2.59. The third kappa shape index (κ3) is 2.76. The first-order chi connectivity index (χ1) is 9.52. The number of hydrogen-bond acceptors (Lipinski definition) is 3. The first kappa shape index (κ1) is 14.1. The number of thiazole rings is 1. The second kappa shape index (κ2) is 5.48. The molecule has 0 saturated heterocycles. The van der Waals surface area contributed by atoms with Crippen molar-refractivity contribution >= 4 is 71.5 Å². The minimum absolute atomic E-state index is 0.311. The van der Waals surface area contributed by atoms with Gasteiger partial charge in [-0.3, -0.25) is 0 Å². The van der Waals surface area contributed by atoms with Crippen molar-refractivity contribution < 1.29 is 4.39 Å². The van der Waals surface area contributed by atoms with Gasteiger partial charge in [0.15, 0.2) is 5.13 Å². The van der Waals surface area contributed by atoms with Crippen LogP contribution < -0.4 is 5.32 Å². The molecule has 102 valence electrons. The molecular formula is C13H6BrCl2FN2S. The highest BCUT2D eigenvalue weighted by atomic mass is 79.9. The Balaban J connectivity index is 2.01. The van der Waals surface area contributed by atoms with Crippen LogP contribution in [0.25, 0.3) is 10.2 Å². The summed E-state index contributed by atoms with van der Waals surface area (Å²) in [7, 11) is 0. The lowest BCUT2D eigenvalue weighted by Crippen LogP contribution is -1.91. The van der Waals surface area contributed by atoms with E-state index in [2.05, 4.69) is 26.2 Å². The smallest absolute Gasteiger partial charge is 0.188 e. The van der Waals surface area contributed by atoms with Crippen molar-refractivity contribution in [2.75, 3.05) is 5.32 Å². The number of nitrogens with one attached hydrogen (secondary N) is 1. The van der Waals surface area contributed by atoms with E-state index in [1.165, 1.54) is 23.5 Å². The van der Waals surface area contributed by atoms with Crippen molar-refractivity contribution in [3.8, 4) is 0 Å². The van der Waals surface area contributed by atoms with Crippen molar-refractivity contribution in [1.82, 2.24) is 4.98 Å². The van der Waals surface area contributed by atoms with Gasteiger partial charge < -0.3 is 5.32 Å². The molecule has 0 aliphatic carbocycles. The van der Waals surface area contributed by atoms with E-state index in [0.29, 0.717) is 26.4 Å². The van der Waals surface area contributed by atoms with Crippen LogP contribution in [0.4, 0.5) is 15.2 Å². The van der Waals surface area contributed by atoms with Gasteiger partial charge in [0, 0.05) is 10.5 Å². The number of rotatable bonds is 2. The van der Waals surface area contributed by atoms with Crippen LogP contribution >= 0.6 is 50.5 Å². The quantitative estimate of drug-likeness (QED) is 0.558. The highest BCUT2D eigenvalue weighted by Crippen LogP contribution is 2.37. The number of anilines is 2. The summed E-state index contributed by atoms with van der Waals surface area (Å²) in [6, 6.07) is 7.97. The largest absolute Gasteiger partial charge is 0.329 e. The zero-order valence-electron chi connectivity index (χ0n) is 9.75. The summed E-state index contributed by atoms with van der Waals surface area (Å²) in [6.45, 7) is 0. The van der Waals surface area contributed by atoms with E-state index in [0.717, 1.165) is 9.17 Å². The van der Waals surface area contributed by atoms with Crippen LogP contribution in [-0.2, 0) is 0 Å². The summed E-state index contributed by atoms with van der Waals surface area (Å²) in [4.78, 5) is 4.31. The Morgan fingerprint density at radius 2 is 1.85 bits per heavy atom. The Labute approximate surface area is 136 Å². The van der Waals surface area contributed by atoms with E-state index < -0.39 is 0 Å². The second-order valence-electron chi connectivity index (χ2n) is 4.00. The molecule has 0 fully saturated rings. The number of halogens is 4. The van der Waals surface area contributed by atoms with Crippen molar-refractivity contribution in [3.05, 3.63) is 50.7 Å². The predicted octanol–water partition coefficient (Wildman–Crippen LogP) is 6.25. The maximum absolute atomic E-state index is 13.1. The maximum Gasteiger partial charge on any atom is 0.188 e. The Morgan fingerprint density at radius 1 is 1.15 bits per heavy atom. The number of hydrogen-bond donors (Lipinski definition) is 1. The molecule has 1 N–H and O–H groups in total. The SMILES string of the molecule is Fc1ccc2sc(Nc3c(Cl)cc(Br)cc3Cl)nc2c1. The van der Waals surface area contributed by atoms with Gasteiger partial charge in [-0.05, 0) is 24.3 Å². The zero-order valence-corrected chi connectivity index (χ0v) is 13.7. The minimum Gasteiger partial charge on any atom is -0.329 e. The Bertz CT molecular complexity index is 783. The minimum atomic E-state index is -0.311. The second-order valence-corrected chi connectivity index (χ2v) is 6.76. The third-order valence-corrected chi connectivity index (χ3v) is 4.59. The van der Waals surface area contributed by atoms with Crippen LogP contribution in [0.2, 0.25) is 10.0 Å². The van der Waals surface area contributed by atoms with Crippen molar-refractivity contribution in [3.63, 3.8) is 0 Å². The number of aromatic nitrogens is 1. The molecule has 0 amide bonds. The molecule has 20 heavy (non-hydrogen) atoms. The lowest BCUT2D eigenvalue weighted by Gasteiger charge is -2.08. The summed E-state index contributed by atoms with van der Waals surface area (Å²) < 4.78 is 14.8. The topological polar surface area (TPSA) is 24.9 Å². The molecular weight excluding hydrogens is 386 g/mol. The number of nitrogens with zero attached hydrogens (tertiary/aromatic N) is 1. The van der Waals surface area contributed by atoms with Crippen LogP contribution in [-0.4, -0.2) is 4.98 Å². The van der Waals surface area contributed by atoms with E-state index in [4.69, 9.17) is 23.2 Å². The molecule has 0 saturated carbocycles. The molecule has 0 unspecified atom stereocenters. The van der Waals surface area contributed by atoms with Crippen LogP contribution in [0.5, 0.6) is 0 Å². The van der Waals surface area contributed by atoms with Crippen LogP contribution in [0.3, 0.4) is 0 Å². The van der Waals surface area contributed by atoms with Gasteiger partial charge in [0.25, 0.3) is 0 Å². The summed E-state index contributed by atoms with van der Waals surface area (Å²) >= 11 is 17.0. The lowest BCUT2D eigenvalue weighted by molar-refractivity contribution is 0.629. The van der Waals surface area contributed by atoms with Gasteiger partial charge in [-0.15, -0.1) is 0 Å². The fourth-order valence-corrected chi connectivity index (χ4v) is 3.88. The van der Waals surface area contributed by atoms with Crippen molar-refractivity contribution in [1.29, 1.82) is 0 Å². The molecule has 3 rings (SSSR count). The standard InChI is InChI=1S/C13H6BrCl2FN2S/c14-6-3-8(15)12(9(16)4-6)19-13-18-10-5-7(17)1-2-11(10)20-13/h1-5H,(H,18,19). The summed E-state index contributed by atoms with van der Waals surface area (Å²) in [5.74, 6) is -0.311. The van der Waals surface area contributed by atoms with E-state index in [-0.39, 0.29) is 5.82 Å². The van der Waals surface area contributed by atoms with Crippen LogP contribution in [0, 0.1) is 5.82 Å². The normalized spacial score (nSPS) is 11.0. The van der Waals surface area contributed by atoms with Gasteiger partial charge in [-0.25, -0.2) is 9.37 Å². The lowest BCUT2D eigenvalue weighted by atomic mass is 10.3. The maximum atomic E-state index is 13.1. The van der Waals surface area contributed by atoms with Crippen LogP contribution in [0.1, 0.15) is 0 Å². The van der Waals surface area contributed by atoms with E-state index in [1.54, 1.807) is 18.2 Å². The predicted molar refractivity (Wildman–Crippen MR) is 87.0 cm³/mol. The molecule has 1 aromatic heterocycles. The van der Waals surface area contributed by atoms with Gasteiger partial charge in [0.1, 0.15) is 5.82 Å². The molecule has 2 aromatic carbocycles. The first-order valence-electron chi connectivity index (χ1n) is 5.50. The van der Waals surface area contributed by atoms with Gasteiger partial charge in [0.05, 0.1) is 25.9 Å². The van der Waals surface area contributed by atoms with Gasteiger partial charge in [0.2, 0.25) is 0 Å². The molecule has 1 heterocycles. The Hall–Kier alpha value is -0.880. The fraction of sp³-hybridized carbons (Fsp3) is 0. The Morgan fingerprint density at radius 3 is 2.55 bits per heavy atom. The average Bonchev–Trinajstić information content (AvgIpc) is 2.75. The monoisotopic (exact) mass is 390 g/mol. The van der Waals surface area contributed by atoms with E-state index >= 15 is 0 Å². The fourth-order valence-electron chi connectivity index (χ4n) is 1.72. The first-order valence-corrected chi connectivity index (χ1v) is 7.87. The average molecular weight is 392 g/mol. The summed E-state index contributed by atoms with van der Waals surface area (Å²) in [5.41, 5.74) is 1.18.